The number of hydrogen-bond donors (Lipinski definition) is 2. The minimum Gasteiger partial charge on any atom is -0.395 e. The van der Waals surface area contributed by atoms with E-state index in [1.165, 1.54) is 0 Å². The summed E-state index contributed by atoms with van der Waals surface area (Å²) in [4.78, 5) is 36.0. The maximum Gasteiger partial charge on any atom is 0.254 e. The lowest BCUT2D eigenvalue weighted by atomic mass is 9.60. The summed E-state index contributed by atoms with van der Waals surface area (Å²) < 4.78 is 1.70. The van der Waals surface area contributed by atoms with Gasteiger partial charge in [0.1, 0.15) is 0 Å². The summed E-state index contributed by atoms with van der Waals surface area (Å²) >= 11 is 0. The second-order valence-electron chi connectivity index (χ2n) is 10.7. The highest BCUT2D eigenvalue weighted by atomic mass is 16.3. The van der Waals surface area contributed by atoms with Crippen LogP contribution < -0.4 is 5.32 Å². The number of fused-ring (bicyclic) bond motifs is 1. The van der Waals surface area contributed by atoms with Gasteiger partial charge < -0.3 is 15.3 Å². The van der Waals surface area contributed by atoms with Crippen molar-refractivity contribution in [1.29, 1.82) is 0 Å². The van der Waals surface area contributed by atoms with Gasteiger partial charge in [0.15, 0.2) is 0 Å². The van der Waals surface area contributed by atoms with E-state index in [4.69, 9.17) is 0 Å². The number of carbonyl (C=O) groups is 2. The van der Waals surface area contributed by atoms with Crippen LogP contribution in [0.5, 0.6) is 0 Å². The van der Waals surface area contributed by atoms with Crippen molar-refractivity contribution in [2.75, 3.05) is 19.7 Å². The number of aliphatic hydroxyl groups excluding tert-OH is 1. The van der Waals surface area contributed by atoms with E-state index >= 15 is 0 Å². The number of hydrogen-bond acceptors (Lipinski definition) is 6. The van der Waals surface area contributed by atoms with Gasteiger partial charge in [0.05, 0.1) is 28.8 Å². The zero-order chi connectivity index (χ0) is 24.8. The van der Waals surface area contributed by atoms with Crippen molar-refractivity contribution in [2.45, 2.75) is 52.5 Å². The second kappa shape index (κ2) is 8.71. The minimum atomic E-state index is -0.735. The number of benzene rings is 1. The molecule has 184 valence electrons. The third-order valence-electron chi connectivity index (χ3n) is 7.64. The summed E-state index contributed by atoms with van der Waals surface area (Å²) in [5.74, 6) is 0.273. The van der Waals surface area contributed by atoms with Gasteiger partial charge in [0, 0.05) is 36.9 Å². The maximum absolute atomic E-state index is 12.8. The van der Waals surface area contributed by atoms with E-state index in [1.54, 1.807) is 30.9 Å². The van der Waals surface area contributed by atoms with Crippen LogP contribution in [0, 0.1) is 17.8 Å². The Balaban J connectivity index is 1.16. The molecule has 2 fully saturated rings. The molecule has 9 nitrogen and oxygen atoms in total. The fourth-order valence-electron chi connectivity index (χ4n) is 5.37. The molecule has 2 N–H and O–H groups in total. The van der Waals surface area contributed by atoms with Crippen LogP contribution in [0.15, 0.2) is 36.7 Å². The molecule has 5 rings (SSSR count). The summed E-state index contributed by atoms with van der Waals surface area (Å²) in [6.45, 7) is 6.78. The molecule has 0 bridgehead atoms. The smallest absolute Gasteiger partial charge is 0.254 e. The van der Waals surface area contributed by atoms with Crippen LogP contribution in [-0.2, 0) is 4.79 Å². The number of aliphatic hydroxyl groups is 1. The Morgan fingerprint density at radius 1 is 1.14 bits per heavy atom. The highest BCUT2D eigenvalue weighted by Gasteiger charge is 2.47. The van der Waals surface area contributed by atoms with Gasteiger partial charge >= 0.3 is 0 Å². The summed E-state index contributed by atoms with van der Waals surface area (Å²) in [5, 5.41) is 18.2. The largest absolute Gasteiger partial charge is 0.395 e. The molecular formula is C26H32N6O3. The van der Waals surface area contributed by atoms with E-state index in [0.717, 1.165) is 42.3 Å². The van der Waals surface area contributed by atoms with Crippen molar-refractivity contribution in [3.8, 4) is 5.95 Å². The van der Waals surface area contributed by atoms with Gasteiger partial charge in [-0.1, -0.05) is 18.2 Å². The summed E-state index contributed by atoms with van der Waals surface area (Å²) in [5.41, 5.74) is 1.71. The second-order valence-corrected chi connectivity index (χ2v) is 10.7. The first-order valence-electron chi connectivity index (χ1n) is 12.2. The standard InChI is InChI=1S/C26H32N6O3/c1-17-20-6-4-5-7-21(20)32(30-17)24-27-14-18(15-28-24)22(34)29-19-12-26(13-19)8-10-31(11-9-26)23(35)25(2,3)16-33/h4-7,14-15,19,33H,8-13,16H2,1-3H3,(H,29,34). The van der Waals surface area contributed by atoms with E-state index in [1.807, 2.05) is 36.1 Å². The predicted octanol–water partition coefficient (Wildman–Crippen LogP) is 2.64. The number of likely N-dealkylation sites (tertiary alicyclic amines) is 1. The number of aryl methyl sites for hydroxylation is 1. The van der Waals surface area contributed by atoms with Gasteiger partial charge in [-0.15, -0.1) is 0 Å². The highest BCUT2D eigenvalue weighted by molar-refractivity contribution is 5.94. The fourth-order valence-corrected chi connectivity index (χ4v) is 5.37. The van der Waals surface area contributed by atoms with Gasteiger partial charge in [-0.05, 0) is 57.9 Å². The molecule has 0 radical (unpaired) electrons. The molecule has 35 heavy (non-hydrogen) atoms. The average molecular weight is 477 g/mol. The quantitative estimate of drug-likeness (QED) is 0.585. The van der Waals surface area contributed by atoms with Crippen LogP contribution in [0.4, 0.5) is 0 Å². The zero-order valence-corrected chi connectivity index (χ0v) is 20.5. The Labute approximate surface area is 204 Å². The first kappa shape index (κ1) is 23.4. The topological polar surface area (TPSA) is 113 Å². The zero-order valence-electron chi connectivity index (χ0n) is 20.5. The van der Waals surface area contributed by atoms with E-state index in [2.05, 4.69) is 20.4 Å². The number of piperidine rings is 1. The maximum atomic E-state index is 12.8. The summed E-state index contributed by atoms with van der Waals surface area (Å²) in [7, 11) is 0. The lowest BCUT2D eigenvalue weighted by Crippen LogP contribution is -2.56. The first-order valence-corrected chi connectivity index (χ1v) is 12.2. The van der Waals surface area contributed by atoms with Gasteiger partial charge in [0.2, 0.25) is 5.91 Å². The Kier molecular flexibility index (Phi) is 5.83. The first-order chi connectivity index (χ1) is 16.7. The van der Waals surface area contributed by atoms with Crippen LogP contribution >= 0.6 is 0 Å². The summed E-state index contributed by atoms with van der Waals surface area (Å²) in [6.07, 6.45) is 6.79. The van der Waals surface area contributed by atoms with Gasteiger partial charge in [-0.2, -0.15) is 9.78 Å². The lowest BCUT2D eigenvalue weighted by molar-refractivity contribution is -0.146. The molecule has 1 saturated heterocycles. The van der Waals surface area contributed by atoms with Gasteiger partial charge in [-0.25, -0.2) is 9.97 Å². The molecule has 0 atom stereocenters. The predicted molar refractivity (Wildman–Crippen MR) is 131 cm³/mol. The molecule has 1 spiro atoms. The van der Waals surface area contributed by atoms with Crippen LogP contribution in [0.25, 0.3) is 16.9 Å². The van der Waals surface area contributed by atoms with E-state index in [0.29, 0.717) is 24.6 Å². The number of carbonyl (C=O) groups excluding carboxylic acids is 2. The molecule has 1 aromatic carbocycles. The molecular weight excluding hydrogens is 444 g/mol. The van der Waals surface area contributed by atoms with Gasteiger partial charge in [-0.3, -0.25) is 9.59 Å². The SMILES string of the molecule is Cc1nn(-c2ncc(C(=O)NC3CC4(CCN(C(=O)C(C)(C)CO)CC4)C3)cn2)c2ccccc12. The molecule has 3 aromatic rings. The van der Waals surface area contributed by atoms with Crippen LogP contribution in [-0.4, -0.2) is 67.3 Å². The van der Waals surface area contributed by atoms with Crippen LogP contribution in [0.1, 0.15) is 55.6 Å². The third kappa shape index (κ3) is 4.29. The number of nitrogens with one attached hydrogen (secondary N) is 1. The lowest BCUT2D eigenvalue weighted by Gasteiger charge is -2.52. The molecule has 3 heterocycles. The van der Waals surface area contributed by atoms with E-state index in [-0.39, 0.29) is 29.9 Å². The third-order valence-corrected chi connectivity index (χ3v) is 7.64. The number of nitrogens with zero attached hydrogens (tertiary/aromatic N) is 5. The van der Waals surface area contributed by atoms with Crippen molar-refractivity contribution < 1.29 is 14.7 Å². The number of para-hydroxylation sites is 1. The number of rotatable bonds is 5. The minimum absolute atomic E-state index is 0.0146. The Morgan fingerprint density at radius 2 is 1.80 bits per heavy atom. The van der Waals surface area contributed by atoms with Crippen molar-refractivity contribution in [3.63, 3.8) is 0 Å². The van der Waals surface area contributed by atoms with Crippen molar-refractivity contribution in [1.82, 2.24) is 30.0 Å². The van der Waals surface area contributed by atoms with Crippen molar-refractivity contribution >= 4 is 22.7 Å². The normalized spacial score (nSPS) is 18.0. The summed E-state index contributed by atoms with van der Waals surface area (Å²) in [6, 6.07) is 8.03. The van der Waals surface area contributed by atoms with Gasteiger partial charge in [0.25, 0.3) is 11.9 Å². The molecule has 0 unspecified atom stereocenters. The van der Waals surface area contributed by atoms with E-state index in [9.17, 15) is 14.7 Å². The molecule has 2 aliphatic rings. The molecule has 1 aliphatic carbocycles. The monoisotopic (exact) mass is 476 g/mol. The molecule has 2 amide bonds. The Hall–Kier alpha value is -3.33. The highest BCUT2D eigenvalue weighted by Crippen LogP contribution is 2.49. The molecule has 1 aliphatic heterocycles. The Bertz CT molecular complexity index is 1250. The van der Waals surface area contributed by atoms with Crippen molar-refractivity contribution in [2.24, 2.45) is 10.8 Å². The number of amides is 2. The van der Waals surface area contributed by atoms with Crippen molar-refractivity contribution in [3.05, 3.63) is 47.9 Å². The fraction of sp³-hybridized carbons (Fsp3) is 0.500. The Morgan fingerprint density at radius 3 is 2.46 bits per heavy atom. The van der Waals surface area contributed by atoms with E-state index < -0.39 is 5.41 Å². The van der Waals surface area contributed by atoms with Crippen LogP contribution in [0.2, 0.25) is 0 Å². The molecule has 1 saturated carbocycles. The molecule has 2 aromatic heterocycles. The number of aromatic nitrogens is 4. The molecule has 9 heteroatoms. The average Bonchev–Trinajstić information content (AvgIpc) is 3.19. The van der Waals surface area contributed by atoms with Crippen LogP contribution in [0.3, 0.4) is 0 Å².